The summed E-state index contributed by atoms with van der Waals surface area (Å²) < 4.78 is 5.29. The highest BCUT2D eigenvalue weighted by molar-refractivity contribution is 5.85. The molecule has 2 heterocycles. The molecule has 23 heavy (non-hydrogen) atoms. The number of nitrogens with two attached hydrogens (primary N) is 1. The van der Waals surface area contributed by atoms with Gasteiger partial charge in [0.15, 0.2) is 0 Å². The molecule has 2 amide bonds. The van der Waals surface area contributed by atoms with Crippen LogP contribution in [0, 0.1) is 0 Å². The van der Waals surface area contributed by atoms with Crippen LogP contribution in [-0.4, -0.2) is 91.6 Å². The molecule has 0 aliphatic carbocycles. The number of nitrogens with zero attached hydrogens (tertiary/aromatic N) is 3. The predicted molar refractivity (Wildman–Crippen MR) is 90.6 cm³/mol. The SMILES string of the molecule is CCCC(N)C(=O)N1CCN(C(=O)CN2CCOCC2)CC1.Cl. The van der Waals surface area contributed by atoms with E-state index in [0.29, 0.717) is 45.9 Å². The van der Waals surface area contributed by atoms with Gasteiger partial charge in [-0.2, -0.15) is 0 Å². The van der Waals surface area contributed by atoms with E-state index in [9.17, 15) is 9.59 Å². The first kappa shape index (κ1) is 20.2. The molecule has 0 spiro atoms. The number of piperazine rings is 1. The third-order valence-corrected chi connectivity index (χ3v) is 4.32. The smallest absolute Gasteiger partial charge is 0.239 e. The van der Waals surface area contributed by atoms with Gasteiger partial charge in [-0.1, -0.05) is 13.3 Å². The van der Waals surface area contributed by atoms with Gasteiger partial charge in [-0.3, -0.25) is 14.5 Å². The number of carbonyl (C=O) groups is 2. The molecule has 0 bridgehead atoms. The molecule has 2 fully saturated rings. The zero-order valence-electron chi connectivity index (χ0n) is 13.9. The quantitative estimate of drug-likeness (QED) is 0.727. The number of morpholine rings is 1. The van der Waals surface area contributed by atoms with Gasteiger partial charge in [0.1, 0.15) is 0 Å². The standard InChI is InChI=1S/C15H28N4O3.ClH/c1-2-3-13(16)15(21)19-6-4-18(5-7-19)14(20)12-17-8-10-22-11-9-17;/h13H,2-12,16H2,1H3;1H. The molecule has 2 saturated heterocycles. The lowest BCUT2D eigenvalue weighted by Gasteiger charge is -2.37. The van der Waals surface area contributed by atoms with Gasteiger partial charge in [-0.25, -0.2) is 0 Å². The first-order valence-electron chi connectivity index (χ1n) is 8.24. The zero-order chi connectivity index (χ0) is 15.9. The van der Waals surface area contributed by atoms with Crippen molar-refractivity contribution in [2.45, 2.75) is 25.8 Å². The summed E-state index contributed by atoms with van der Waals surface area (Å²) in [5.74, 6) is 0.161. The Hall–Kier alpha value is -0.890. The van der Waals surface area contributed by atoms with Crippen molar-refractivity contribution in [2.24, 2.45) is 5.73 Å². The number of carbonyl (C=O) groups excluding carboxylic acids is 2. The molecule has 7 nitrogen and oxygen atoms in total. The number of halogens is 1. The van der Waals surface area contributed by atoms with Gasteiger partial charge in [0.2, 0.25) is 11.8 Å². The second-order valence-corrected chi connectivity index (χ2v) is 5.99. The molecule has 2 aliphatic heterocycles. The topological polar surface area (TPSA) is 79.1 Å². The van der Waals surface area contributed by atoms with Gasteiger partial charge in [0.05, 0.1) is 25.8 Å². The van der Waals surface area contributed by atoms with E-state index in [1.807, 2.05) is 11.8 Å². The molecule has 0 aromatic heterocycles. The number of hydrogen-bond acceptors (Lipinski definition) is 5. The Morgan fingerprint density at radius 2 is 1.61 bits per heavy atom. The number of hydrogen-bond donors (Lipinski definition) is 1. The van der Waals surface area contributed by atoms with Gasteiger partial charge in [-0.15, -0.1) is 12.4 Å². The second kappa shape index (κ2) is 10.1. The molecule has 2 rings (SSSR count). The zero-order valence-corrected chi connectivity index (χ0v) is 14.7. The minimum absolute atomic E-state index is 0. The Morgan fingerprint density at radius 3 is 2.17 bits per heavy atom. The van der Waals surface area contributed by atoms with Crippen molar-refractivity contribution in [1.29, 1.82) is 0 Å². The first-order valence-corrected chi connectivity index (χ1v) is 8.24. The van der Waals surface area contributed by atoms with E-state index in [2.05, 4.69) is 4.90 Å². The molecular weight excluding hydrogens is 320 g/mol. The maximum Gasteiger partial charge on any atom is 0.239 e. The van der Waals surface area contributed by atoms with E-state index < -0.39 is 6.04 Å². The lowest BCUT2D eigenvalue weighted by Crippen LogP contribution is -2.55. The molecule has 8 heteroatoms. The van der Waals surface area contributed by atoms with Crippen molar-refractivity contribution in [3.63, 3.8) is 0 Å². The summed E-state index contributed by atoms with van der Waals surface area (Å²) in [6.07, 6.45) is 1.62. The Bertz CT molecular complexity index is 383. The van der Waals surface area contributed by atoms with E-state index in [0.717, 1.165) is 25.9 Å². The highest BCUT2D eigenvalue weighted by Gasteiger charge is 2.27. The number of ether oxygens (including phenoxy) is 1. The molecule has 1 unspecified atom stereocenters. The summed E-state index contributed by atoms with van der Waals surface area (Å²) in [4.78, 5) is 30.2. The Kier molecular flexibility index (Phi) is 8.83. The number of amides is 2. The summed E-state index contributed by atoms with van der Waals surface area (Å²) >= 11 is 0. The normalized spacial score (nSPS) is 20.8. The maximum atomic E-state index is 12.3. The Morgan fingerprint density at radius 1 is 1.04 bits per heavy atom. The van der Waals surface area contributed by atoms with Gasteiger partial charge < -0.3 is 20.3 Å². The van der Waals surface area contributed by atoms with Crippen LogP contribution in [0.25, 0.3) is 0 Å². The van der Waals surface area contributed by atoms with Gasteiger partial charge in [0, 0.05) is 39.3 Å². The first-order chi connectivity index (χ1) is 10.6. The van der Waals surface area contributed by atoms with Crippen LogP contribution < -0.4 is 5.73 Å². The average Bonchev–Trinajstić information content (AvgIpc) is 2.55. The predicted octanol–water partition coefficient (Wildman–Crippen LogP) is -0.461. The molecule has 0 aromatic carbocycles. The van der Waals surface area contributed by atoms with Gasteiger partial charge in [-0.05, 0) is 6.42 Å². The monoisotopic (exact) mass is 348 g/mol. The summed E-state index contributed by atoms with van der Waals surface area (Å²) in [5, 5.41) is 0. The van der Waals surface area contributed by atoms with Crippen LogP contribution in [-0.2, 0) is 14.3 Å². The van der Waals surface area contributed by atoms with Crippen LogP contribution in [0.4, 0.5) is 0 Å². The third kappa shape index (κ3) is 5.91. The molecule has 2 aliphatic rings. The van der Waals surface area contributed by atoms with Crippen molar-refractivity contribution in [2.75, 3.05) is 59.0 Å². The highest BCUT2D eigenvalue weighted by atomic mass is 35.5. The van der Waals surface area contributed by atoms with E-state index in [4.69, 9.17) is 10.5 Å². The van der Waals surface area contributed by atoms with Crippen LogP contribution in [0.1, 0.15) is 19.8 Å². The van der Waals surface area contributed by atoms with Crippen LogP contribution >= 0.6 is 12.4 Å². The molecule has 2 N–H and O–H groups in total. The summed E-state index contributed by atoms with van der Waals surface area (Å²) in [6, 6.07) is -0.402. The second-order valence-electron chi connectivity index (χ2n) is 5.99. The summed E-state index contributed by atoms with van der Waals surface area (Å²) in [5.41, 5.74) is 5.89. The van der Waals surface area contributed by atoms with Crippen LogP contribution in [0.2, 0.25) is 0 Å². The van der Waals surface area contributed by atoms with E-state index in [1.165, 1.54) is 0 Å². The van der Waals surface area contributed by atoms with Gasteiger partial charge in [0.25, 0.3) is 0 Å². The molecule has 134 valence electrons. The third-order valence-electron chi connectivity index (χ3n) is 4.32. The van der Waals surface area contributed by atoms with E-state index in [-0.39, 0.29) is 24.2 Å². The summed E-state index contributed by atoms with van der Waals surface area (Å²) in [6.45, 7) is 7.89. The molecular formula is C15H29ClN4O3. The Labute approximate surface area is 144 Å². The van der Waals surface area contributed by atoms with Crippen molar-refractivity contribution in [3.8, 4) is 0 Å². The van der Waals surface area contributed by atoms with Crippen molar-refractivity contribution < 1.29 is 14.3 Å². The fraction of sp³-hybridized carbons (Fsp3) is 0.867. The van der Waals surface area contributed by atoms with Crippen LogP contribution in [0.3, 0.4) is 0 Å². The van der Waals surface area contributed by atoms with Crippen LogP contribution in [0.15, 0.2) is 0 Å². The Balaban J connectivity index is 0.00000264. The molecule has 0 radical (unpaired) electrons. The maximum absolute atomic E-state index is 12.3. The van der Waals surface area contributed by atoms with Crippen molar-refractivity contribution in [3.05, 3.63) is 0 Å². The van der Waals surface area contributed by atoms with Crippen molar-refractivity contribution >= 4 is 24.2 Å². The van der Waals surface area contributed by atoms with E-state index >= 15 is 0 Å². The van der Waals surface area contributed by atoms with E-state index in [1.54, 1.807) is 4.90 Å². The lowest BCUT2D eigenvalue weighted by atomic mass is 10.1. The van der Waals surface area contributed by atoms with Crippen LogP contribution in [0.5, 0.6) is 0 Å². The van der Waals surface area contributed by atoms with Crippen molar-refractivity contribution in [1.82, 2.24) is 14.7 Å². The fourth-order valence-electron chi connectivity index (χ4n) is 2.90. The van der Waals surface area contributed by atoms with Gasteiger partial charge >= 0.3 is 0 Å². The largest absolute Gasteiger partial charge is 0.379 e. The summed E-state index contributed by atoms with van der Waals surface area (Å²) in [7, 11) is 0. The average molecular weight is 349 g/mol. The minimum Gasteiger partial charge on any atom is -0.379 e. The fourth-order valence-corrected chi connectivity index (χ4v) is 2.90. The lowest BCUT2D eigenvalue weighted by molar-refractivity contribution is -0.141. The minimum atomic E-state index is -0.402. The molecule has 1 atom stereocenters. The highest BCUT2D eigenvalue weighted by Crippen LogP contribution is 2.07. The number of rotatable bonds is 5. The molecule has 0 saturated carbocycles. The molecule has 0 aromatic rings.